The molecule has 1 aliphatic rings. The zero-order valence-corrected chi connectivity index (χ0v) is 12.3. The molecule has 1 nitrogen and oxygen atoms in total. The van der Waals surface area contributed by atoms with Gasteiger partial charge in [-0.25, -0.2) is 0 Å². The Morgan fingerprint density at radius 3 is 2.35 bits per heavy atom. The molecule has 102 valence electrons. The highest BCUT2D eigenvalue weighted by Crippen LogP contribution is 2.39. The van der Waals surface area contributed by atoms with Crippen molar-refractivity contribution in [2.24, 2.45) is 0 Å². The molecule has 3 rings (SSSR count). The van der Waals surface area contributed by atoms with Crippen LogP contribution in [0.25, 0.3) is 0 Å². The molecule has 0 fully saturated rings. The summed E-state index contributed by atoms with van der Waals surface area (Å²) in [5.41, 5.74) is 4.76. The Bertz CT molecular complexity index is 647. The van der Waals surface area contributed by atoms with Crippen molar-refractivity contribution in [3.8, 4) is 0 Å². The average molecular weight is 264 g/mol. The lowest BCUT2D eigenvalue weighted by atomic mass is 9.83. The molecule has 0 heterocycles. The molecule has 0 bridgehead atoms. The van der Waals surface area contributed by atoms with Crippen LogP contribution in [-0.4, -0.2) is 5.78 Å². The summed E-state index contributed by atoms with van der Waals surface area (Å²) in [6, 6.07) is 16.7. The fourth-order valence-electron chi connectivity index (χ4n) is 2.96. The lowest BCUT2D eigenvalue weighted by molar-refractivity contribution is 0.0991. The highest BCUT2D eigenvalue weighted by atomic mass is 16.1. The maximum absolute atomic E-state index is 12.2. The molecule has 1 aliphatic carbocycles. The molecule has 0 radical (unpaired) electrons. The molecule has 20 heavy (non-hydrogen) atoms. The SMILES string of the molecule is CC(C)(C)c1ccc2c(c1)C(c1ccccc1)CC2=O. The van der Waals surface area contributed by atoms with Crippen LogP contribution in [0.1, 0.15) is 60.2 Å². The zero-order chi connectivity index (χ0) is 14.3. The highest BCUT2D eigenvalue weighted by molar-refractivity contribution is 6.02. The molecular formula is C19H20O. The van der Waals surface area contributed by atoms with Gasteiger partial charge in [-0.3, -0.25) is 4.79 Å². The van der Waals surface area contributed by atoms with Gasteiger partial charge in [-0.1, -0.05) is 69.3 Å². The summed E-state index contributed by atoms with van der Waals surface area (Å²) in [5, 5.41) is 0. The molecule has 0 aromatic heterocycles. The van der Waals surface area contributed by atoms with Crippen LogP contribution in [0.4, 0.5) is 0 Å². The summed E-state index contributed by atoms with van der Waals surface area (Å²) >= 11 is 0. The summed E-state index contributed by atoms with van der Waals surface area (Å²) in [7, 11) is 0. The van der Waals surface area contributed by atoms with Crippen molar-refractivity contribution < 1.29 is 4.79 Å². The summed E-state index contributed by atoms with van der Waals surface area (Å²) in [6.45, 7) is 6.63. The van der Waals surface area contributed by atoms with Crippen molar-refractivity contribution in [2.45, 2.75) is 38.5 Å². The third kappa shape index (κ3) is 2.18. The maximum Gasteiger partial charge on any atom is 0.164 e. The van der Waals surface area contributed by atoms with Gasteiger partial charge >= 0.3 is 0 Å². The quantitative estimate of drug-likeness (QED) is 0.729. The van der Waals surface area contributed by atoms with Gasteiger partial charge in [0.25, 0.3) is 0 Å². The minimum absolute atomic E-state index is 0.113. The Hall–Kier alpha value is -1.89. The number of benzene rings is 2. The second-order valence-corrected chi connectivity index (χ2v) is 6.64. The van der Waals surface area contributed by atoms with Crippen LogP contribution in [0, 0.1) is 0 Å². The average Bonchev–Trinajstić information content (AvgIpc) is 2.76. The first-order valence-electron chi connectivity index (χ1n) is 7.19. The van der Waals surface area contributed by atoms with Gasteiger partial charge in [-0.2, -0.15) is 0 Å². The second kappa shape index (κ2) is 4.59. The van der Waals surface area contributed by atoms with E-state index in [1.807, 2.05) is 24.3 Å². The number of rotatable bonds is 1. The van der Waals surface area contributed by atoms with E-state index < -0.39 is 0 Å². The van der Waals surface area contributed by atoms with Crippen molar-refractivity contribution in [3.05, 3.63) is 70.8 Å². The third-order valence-corrected chi connectivity index (χ3v) is 4.18. The smallest absolute Gasteiger partial charge is 0.164 e. The van der Waals surface area contributed by atoms with Gasteiger partial charge in [-0.15, -0.1) is 0 Å². The fourth-order valence-corrected chi connectivity index (χ4v) is 2.96. The van der Waals surface area contributed by atoms with Crippen molar-refractivity contribution in [1.29, 1.82) is 0 Å². The largest absolute Gasteiger partial charge is 0.294 e. The summed E-state index contributed by atoms with van der Waals surface area (Å²) < 4.78 is 0. The molecule has 1 atom stereocenters. The molecule has 0 N–H and O–H groups in total. The molecular weight excluding hydrogens is 244 g/mol. The first-order valence-corrected chi connectivity index (χ1v) is 7.19. The predicted octanol–water partition coefficient (Wildman–Crippen LogP) is 4.70. The number of Topliss-reactive ketones (excluding diaryl/α,β-unsaturated/α-hetero) is 1. The number of carbonyl (C=O) groups excluding carboxylic acids is 1. The molecule has 0 spiro atoms. The molecule has 1 heteroatoms. The van der Waals surface area contributed by atoms with Gasteiger partial charge in [0.15, 0.2) is 5.78 Å². The lowest BCUT2D eigenvalue weighted by Crippen LogP contribution is -2.12. The van der Waals surface area contributed by atoms with Crippen molar-refractivity contribution in [1.82, 2.24) is 0 Å². The third-order valence-electron chi connectivity index (χ3n) is 4.18. The molecule has 0 amide bonds. The van der Waals surface area contributed by atoms with E-state index in [-0.39, 0.29) is 17.1 Å². The number of ketones is 1. The van der Waals surface area contributed by atoms with E-state index in [0.29, 0.717) is 6.42 Å². The Labute approximate surface area is 120 Å². The molecule has 0 saturated heterocycles. The number of hydrogen-bond donors (Lipinski definition) is 0. The normalized spacial score (nSPS) is 18.1. The van der Waals surface area contributed by atoms with Crippen molar-refractivity contribution in [2.75, 3.05) is 0 Å². The van der Waals surface area contributed by atoms with E-state index in [9.17, 15) is 4.79 Å². The van der Waals surface area contributed by atoms with Gasteiger partial charge in [0.05, 0.1) is 0 Å². The van der Waals surface area contributed by atoms with E-state index in [0.717, 1.165) is 5.56 Å². The van der Waals surface area contributed by atoms with Crippen LogP contribution in [0.2, 0.25) is 0 Å². The van der Waals surface area contributed by atoms with Crippen LogP contribution in [0.3, 0.4) is 0 Å². The van der Waals surface area contributed by atoms with E-state index in [2.05, 4.69) is 45.0 Å². The van der Waals surface area contributed by atoms with E-state index >= 15 is 0 Å². The molecule has 0 aliphatic heterocycles. The highest BCUT2D eigenvalue weighted by Gasteiger charge is 2.31. The summed E-state index contributed by atoms with van der Waals surface area (Å²) in [6.07, 6.45) is 0.604. The van der Waals surface area contributed by atoms with Crippen LogP contribution >= 0.6 is 0 Å². The topological polar surface area (TPSA) is 17.1 Å². The van der Waals surface area contributed by atoms with Crippen molar-refractivity contribution >= 4 is 5.78 Å². The number of fused-ring (bicyclic) bond motifs is 1. The van der Waals surface area contributed by atoms with Gasteiger partial charge in [0.2, 0.25) is 0 Å². The summed E-state index contributed by atoms with van der Waals surface area (Å²) in [4.78, 5) is 12.2. The summed E-state index contributed by atoms with van der Waals surface area (Å²) in [5.74, 6) is 0.496. The molecule has 2 aromatic rings. The van der Waals surface area contributed by atoms with Gasteiger partial charge in [-0.05, 0) is 22.1 Å². The van der Waals surface area contributed by atoms with Crippen LogP contribution in [0.15, 0.2) is 48.5 Å². The minimum atomic E-state index is 0.113. The minimum Gasteiger partial charge on any atom is -0.294 e. The van der Waals surface area contributed by atoms with E-state index in [1.54, 1.807) is 0 Å². The van der Waals surface area contributed by atoms with Crippen molar-refractivity contribution in [3.63, 3.8) is 0 Å². The Balaban J connectivity index is 2.11. The van der Waals surface area contributed by atoms with Gasteiger partial charge in [0.1, 0.15) is 0 Å². The Morgan fingerprint density at radius 1 is 1.00 bits per heavy atom. The number of hydrogen-bond acceptors (Lipinski definition) is 1. The predicted molar refractivity (Wildman–Crippen MR) is 82.4 cm³/mol. The van der Waals surface area contributed by atoms with Gasteiger partial charge < -0.3 is 0 Å². The van der Waals surface area contributed by atoms with E-state index in [1.165, 1.54) is 16.7 Å². The van der Waals surface area contributed by atoms with Gasteiger partial charge in [0, 0.05) is 17.9 Å². The fraction of sp³-hybridized carbons (Fsp3) is 0.316. The standard InChI is InChI=1S/C19H20O/c1-19(2,3)14-9-10-15-17(11-14)16(12-18(15)20)13-7-5-4-6-8-13/h4-11,16H,12H2,1-3H3. The van der Waals surface area contributed by atoms with Crippen LogP contribution in [-0.2, 0) is 5.41 Å². The molecule has 0 saturated carbocycles. The first-order chi connectivity index (χ1) is 9.47. The molecule has 1 unspecified atom stereocenters. The maximum atomic E-state index is 12.2. The lowest BCUT2D eigenvalue weighted by Gasteiger charge is -2.21. The number of carbonyl (C=O) groups is 1. The monoisotopic (exact) mass is 264 g/mol. The second-order valence-electron chi connectivity index (χ2n) is 6.64. The van der Waals surface area contributed by atoms with Crippen LogP contribution < -0.4 is 0 Å². The molecule has 2 aromatic carbocycles. The zero-order valence-electron chi connectivity index (χ0n) is 12.3. The van der Waals surface area contributed by atoms with Crippen LogP contribution in [0.5, 0.6) is 0 Å². The van der Waals surface area contributed by atoms with E-state index in [4.69, 9.17) is 0 Å². The first kappa shape index (κ1) is 13.1. The Kier molecular flexibility index (Phi) is 3.01. The Morgan fingerprint density at radius 2 is 1.70 bits per heavy atom.